The smallest absolute Gasteiger partial charge is 0.368 e. The van der Waals surface area contributed by atoms with E-state index in [9.17, 15) is 9.13 Å². The van der Waals surface area contributed by atoms with Gasteiger partial charge in [0.2, 0.25) is 0 Å². The summed E-state index contributed by atoms with van der Waals surface area (Å²) in [6.07, 6.45) is 10.9. The van der Waals surface area contributed by atoms with Crippen molar-refractivity contribution in [3.8, 4) is 0 Å². The third kappa shape index (κ3) is 12.7. The summed E-state index contributed by atoms with van der Waals surface area (Å²) < 4.78 is 20.5. The Balaban J connectivity index is 0. The van der Waals surface area contributed by atoms with Crippen LogP contribution in [0.1, 0.15) is 86.0 Å². The molecule has 0 aromatic rings. The first-order valence-electron chi connectivity index (χ1n) is 10.3. The van der Waals surface area contributed by atoms with Crippen molar-refractivity contribution >= 4 is 15.2 Å². The van der Waals surface area contributed by atoms with E-state index in [1.807, 2.05) is 0 Å². The van der Waals surface area contributed by atoms with Crippen LogP contribution in [0, 0.1) is 11.8 Å². The number of rotatable bonds is 14. The Morgan fingerprint density at radius 3 is 1.29 bits per heavy atom. The van der Waals surface area contributed by atoms with Crippen LogP contribution in [-0.4, -0.2) is 42.9 Å². The van der Waals surface area contributed by atoms with Gasteiger partial charge >= 0.3 is 15.2 Å². The first kappa shape index (κ1) is 30.4. The van der Waals surface area contributed by atoms with Crippen LogP contribution in [-0.2, 0) is 9.13 Å². The molecular weight excluding hydrogens is 404 g/mol. The lowest BCUT2D eigenvalue weighted by Crippen LogP contribution is -2.28. The molecule has 0 bridgehead atoms. The van der Waals surface area contributed by atoms with Gasteiger partial charge in [0.15, 0.2) is 0 Å². The molecular formula is C18H43NO7P2. The Morgan fingerprint density at radius 1 is 0.786 bits per heavy atom. The van der Waals surface area contributed by atoms with Crippen LogP contribution < -0.4 is 5.32 Å². The maximum atomic E-state index is 10.3. The molecule has 2 atom stereocenters. The molecule has 172 valence electrons. The molecule has 0 spiro atoms. The molecule has 0 radical (unpaired) electrons. The summed E-state index contributed by atoms with van der Waals surface area (Å²) in [5.74, 6) is 1.80. The number of unbranched alkanes of at least 4 members (excludes halogenated alkanes) is 2. The molecule has 0 amide bonds. The van der Waals surface area contributed by atoms with E-state index >= 15 is 0 Å². The highest BCUT2D eigenvalue weighted by Crippen LogP contribution is 2.66. The average molecular weight is 447 g/mol. The largest absolute Gasteiger partial charge is 0.369 e. The van der Waals surface area contributed by atoms with Gasteiger partial charge in [-0.15, -0.1) is 0 Å². The van der Waals surface area contributed by atoms with Crippen LogP contribution in [0.4, 0.5) is 0 Å². The first-order valence-corrected chi connectivity index (χ1v) is 13.5. The Kier molecular flexibility index (Phi) is 16.4. The highest BCUT2D eigenvalue weighted by molar-refractivity contribution is 7.71. The van der Waals surface area contributed by atoms with Gasteiger partial charge in [-0.2, -0.15) is 0 Å². The van der Waals surface area contributed by atoms with Gasteiger partial charge in [-0.3, -0.25) is 9.13 Å². The highest BCUT2D eigenvalue weighted by atomic mass is 31.2. The minimum Gasteiger partial charge on any atom is -0.368 e. The fraction of sp³-hybridized carbons (Fsp3) is 1.00. The van der Waals surface area contributed by atoms with Gasteiger partial charge in [0.1, 0.15) is 0 Å². The third-order valence-corrected chi connectivity index (χ3v) is 8.83. The number of nitrogens with one attached hydrogen (secondary N) is 1. The van der Waals surface area contributed by atoms with E-state index in [1.54, 1.807) is 0 Å². The maximum Gasteiger partial charge on any atom is 0.369 e. The molecule has 0 aromatic heterocycles. The second-order valence-corrected chi connectivity index (χ2v) is 11.8. The van der Waals surface area contributed by atoms with Crippen molar-refractivity contribution in [3.05, 3.63) is 0 Å². The molecule has 0 heterocycles. The number of hydrogen-bond acceptors (Lipinski definition) is 4. The van der Waals surface area contributed by atoms with Crippen LogP contribution in [0.2, 0.25) is 0 Å². The van der Waals surface area contributed by atoms with E-state index in [0.717, 1.165) is 11.8 Å². The zero-order chi connectivity index (χ0) is 22.4. The minimum atomic E-state index is -5.20. The van der Waals surface area contributed by atoms with Gasteiger partial charge in [0.25, 0.3) is 5.08 Å². The Bertz CT molecular complexity index is 437. The summed E-state index contributed by atoms with van der Waals surface area (Å²) in [6, 6.07) is 0. The van der Waals surface area contributed by atoms with Crippen LogP contribution in [0.15, 0.2) is 0 Å². The fourth-order valence-electron chi connectivity index (χ4n) is 2.55. The minimum absolute atomic E-state index is 0.383. The van der Waals surface area contributed by atoms with Gasteiger partial charge in [0.05, 0.1) is 0 Å². The van der Waals surface area contributed by atoms with Crippen LogP contribution >= 0.6 is 15.2 Å². The Morgan fingerprint density at radius 2 is 1.11 bits per heavy atom. The van der Waals surface area contributed by atoms with Crippen molar-refractivity contribution < 1.29 is 33.8 Å². The van der Waals surface area contributed by atoms with E-state index in [2.05, 4.69) is 33.0 Å². The second-order valence-electron chi connectivity index (χ2n) is 7.55. The predicted octanol–water partition coefficient (Wildman–Crippen LogP) is 4.02. The fourth-order valence-corrected chi connectivity index (χ4v) is 3.91. The normalized spacial score (nSPS) is 14.9. The molecule has 8 nitrogen and oxygen atoms in total. The van der Waals surface area contributed by atoms with Crippen LogP contribution in [0.25, 0.3) is 0 Å². The summed E-state index contributed by atoms with van der Waals surface area (Å²) in [4.78, 5) is 33.0. The summed E-state index contributed by atoms with van der Waals surface area (Å²) >= 11 is 0. The number of hydrogen-bond donors (Lipinski definition) is 6. The Hall–Kier alpha value is 0.220. The summed E-state index contributed by atoms with van der Waals surface area (Å²) in [7, 11) is -10.4. The zero-order valence-electron chi connectivity index (χ0n) is 18.2. The SMILES string of the molecule is CC(O)(P(=O)(O)O)P(=O)(O)O.CCCCC(CC)CNCC(CC)CCCC. The predicted molar refractivity (Wildman–Crippen MR) is 114 cm³/mol. The molecule has 28 heavy (non-hydrogen) atoms. The van der Waals surface area contributed by atoms with Gasteiger partial charge in [-0.05, 0) is 44.7 Å². The Labute approximate surface area is 170 Å². The van der Waals surface area contributed by atoms with Gasteiger partial charge in [0, 0.05) is 0 Å². The van der Waals surface area contributed by atoms with Gasteiger partial charge in [-0.25, -0.2) is 0 Å². The highest BCUT2D eigenvalue weighted by Gasteiger charge is 2.55. The molecule has 0 saturated heterocycles. The molecule has 0 aromatic carbocycles. The lowest BCUT2D eigenvalue weighted by molar-refractivity contribution is 0.146. The molecule has 10 heteroatoms. The summed E-state index contributed by atoms with van der Waals surface area (Å²) in [6.45, 7) is 12.1. The molecule has 6 N–H and O–H groups in total. The molecule has 0 fully saturated rings. The monoisotopic (exact) mass is 447 g/mol. The van der Waals surface area contributed by atoms with E-state index in [1.165, 1.54) is 64.5 Å². The van der Waals surface area contributed by atoms with Crippen LogP contribution in [0.3, 0.4) is 0 Å². The van der Waals surface area contributed by atoms with E-state index in [0.29, 0.717) is 6.92 Å². The van der Waals surface area contributed by atoms with E-state index < -0.39 is 20.3 Å². The second kappa shape index (κ2) is 15.1. The molecule has 0 aliphatic rings. The van der Waals surface area contributed by atoms with Crippen molar-refractivity contribution in [2.24, 2.45) is 11.8 Å². The van der Waals surface area contributed by atoms with Gasteiger partial charge < -0.3 is 30.0 Å². The maximum absolute atomic E-state index is 10.3. The zero-order valence-corrected chi connectivity index (χ0v) is 20.0. The average Bonchev–Trinajstić information content (AvgIpc) is 2.59. The molecule has 2 unspecified atom stereocenters. The number of aliphatic hydroxyl groups is 1. The van der Waals surface area contributed by atoms with Crippen molar-refractivity contribution in [2.45, 2.75) is 91.1 Å². The van der Waals surface area contributed by atoms with Crippen molar-refractivity contribution in [1.82, 2.24) is 5.32 Å². The summed E-state index contributed by atoms with van der Waals surface area (Å²) in [5, 5.41) is 9.07. The van der Waals surface area contributed by atoms with E-state index in [4.69, 9.17) is 24.7 Å². The van der Waals surface area contributed by atoms with E-state index in [-0.39, 0.29) is 0 Å². The van der Waals surface area contributed by atoms with Crippen molar-refractivity contribution in [3.63, 3.8) is 0 Å². The quantitative estimate of drug-likeness (QED) is 0.219. The van der Waals surface area contributed by atoms with Crippen LogP contribution in [0.5, 0.6) is 0 Å². The standard InChI is InChI=1S/C16H35N.C2H8O7P2/c1-5-9-11-15(7-3)13-17-14-16(8-4)12-10-6-2;1-2(3,10(4,5)6)11(7,8)9/h15-17H,5-14H2,1-4H3;3H,1H3,(H2,4,5,6)(H2,7,8,9). The lowest BCUT2D eigenvalue weighted by atomic mass is 9.97. The first-order chi connectivity index (χ1) is 12.8. The van der Waals surface area contributed by atoms with Crippen molar-refractivity contribution in [1.29, 1.82) is 0 Å². The summed E-state index contributed by atoms with van der Waals surface area (Å²) in [5.41, 5.74) is 0. The lowest BCUT2D eigenvalue weighted by Gasteiger charge is -2.24. The molecule has 0 aliphatic heterocycles. The van der Waals surface area contributed by atoms with Crippen molar-refractivity contribution in [2.75, 3.05) is 13.1 Å². The third-order valence-electron chi connectivity index (χ3n) is 5.06. The molecule has 0 rings (SSSR count). The molecule has 0 aliphatic carbocycles. The topological polar surface area (TPSA) is 147 Å². The molecule has 0 saturated carbocycles. The van der Waals surface area contributed by atoms with Gasteiger partial charge in [-0.1, -0.05) is 66.2 Å².